The van der Waals surface area contributed by atoms with Gasteiger partial charge in [0.2, 0.25) is 0 Å². The molecule has 2 aromatic carbocycles. The maximum Gasteiger partial charge on any atom is 0.101 e. The molecule has 23 heavy (non-hydrogen) atoms. The summed E-state index contributed by atoms with van der Waals surface area (Å²) < 4.78 is 0. The van der Waals surface area contributed by atoms with E-state index in [1.54, 1.807) is 0 Å². The third-order valence-corrected chi connectivity index (χ3v) is 4.95. The van der Waals surface area contributed by atoms with Crippen molar-refractivity contribution in [1.29, 1.82) is 0 Å². The minimum Gasteiger partial charge on any atom is -0.390 e. The SMILES string of the molecule is O[C@@H]1[C@H](O)CCC[C@H]1N1c2ccccc2C=Cc2ccccc21. The molecule has 4 rings (SSSR count). The van der Waals surface area contributed by atoms with Crippen LogP contribution in [0.25, 0.3) is 12.2 Å². The Hall–Kier alpha value is -2.10. The smallest absolute Gasteiger partial charge is 0.101 e. The Balaban J connectivity index is 1.89. The highest BCUT2D eigenvalue weighted by atomic mass is 16.3. The van der Waals surface area contributed by atoms with Crippen LogP contribution in [0.1, 0.15) is 30.4 Å². The van der Waals surface area contributed by atoms with Gasteiger partial charge in [0, 0.05) is 11.4 Å². The van der Waals surface area contributed by atoms with Gasteiger partial charge in [-0.1, -0.05) is 48.6 Å². The van der Waals surface area contributed by atoms with Crippen LogP contribution in [-0.2, 0) is 0 Å². The Morgan fingerprint density at radius 3 is 1.96 bits per heavy atom. The van der Waals surface area contributed by atoms with Gasteiger partial charge in [0.25, 0.3) is 0 Å². The third kappa shape index (κ3) is 2.46. The molecule has 0 bridgehead atoms. The summed E-state index contributed by atoms with van der Waals surface area (Å²) in [6, 6.07) is 16.4. The van der Waals surface area contributed by atoms with Crippen molar-refractivity contribution < 1.29 is 10.2 Å². The molecule has 0 saturated heterocycles. The largest absolute Gasteiger partial charge is 0.390 e. The molecule has 1 aliphatic carbocycles. The number of anilines is 2. The van der Waals surface area contributed by atoms with Crippen LogP contribution >= 0.6 is 0 Å². The first kappa shape index (κ1) is 14.5. The fourth-order valence-corrected chi connectivity index (χ4v) is 3.78. The molecular weight excluding hydrogens is 286 g/mol. The number of aliphatic hydroxyl groups excluding tert-OH is 2. The average Bonchev–Trinajstić information content (AvgIpc) is 2.75. The monoisotopic (exact) mass is 307 g/mol. The molecule has 3 heteroatoms. The predicted molar refractivity (Wildman–Crippen MR) is 93.6 cm³/mol. The molecule has 3 nitrogen and oxygen atoms in total. The molecule has 3 atom stereocenters. The van der Waals surface area contributed by atoms with Crippen molar-refractivity contribution in [2.24, 2.45) is 0 Å². The number of rotatable bonds is 1. The molecule has 1 heterocycles. The number of aliphatic hydroxyl groups is 2. The van der Waals surface area contributed by atoms with Crippen molar-refractivity contribution >= 4 is 23.5 Å². The third-order valence-electron chi connectivity index (χ3n) is 4.95. The standard InChI is InChI=1S/C20H21NO2/c22-19-11-5-10-18(20(19)23)21-16-8-3-1-6-14(16)12-13-15-7-2-4-9-17(15)21/h1-4,6-9,12-13,18-20,22-23H,5,10-11H2/t18-,19-,20+/m1/s1. The molecule has 0 unspecified atom stereocenters. The van der Waals surface area contributed by atoms with Crippen LogP contribution in [0.5, 0.6) is 0 Å². The molecule has 0 aromatic heterocycles. The fraction of sp³-hybridized carbons (Fsp3) is 0.300. The molecule has 2 aromatic rings. The summed E-state index contributed by atoms with van der Waals surface area (Å²) in [5.41, 5.74) is 4.45. The maximum absolute atomic E-state index is 10.6. The first-order chi connectivity index (χ1) is 11.3. The lowest BCUT2D eigenvalue weighted by Gasteiger charge is -2.41. The van der Waals surface area contributed by atoms with Gasteiger partial charge in [0.15, 0.2) is 0 Å². The van der Waals surface area contributed by atoms with Crippen molar-refractivity contribution in [1.82, 2.24) is 0 Å². The van der Waals surface area contributed by atoms with E-state index >= 15 is 0 Å². The number of hydrogen-bond acceptors (Lipinski definition) is 3. The van der Waals surface area contributed by atoms with Crippen LogP contribution in [0, 0.1) is 0 Å². The average molecular weight is 307 g/mol. The van der Waals surface area contributed by atoms with Crippen LogP contribution in [0.2, 0.25) is 0 Å². The number of benzene rings is 2. The Morgan fingerprint density at radius 2 is 1.35 bits per heavy atom. The second-order valence-electron chi connectivity index (χ2n) is 6.38. The van der Waals surface area contributed by atoms with Gasteiger partial charge in [-0.05, 0) is 42.5 Å². The zero-order chi connectivity index (χ0) is 15.8. The van der Waals surface area contributed by atoms with E-state index in [0.717, 1.165) is 35.3 Å². The van der Waals surface area contributed by atoms with E-state index in [0.29, 0.717) is 6.42 Å². The lowest BCUT2D eigenvalue weighted by molar-refractivity contribution is -0.0204. The summed E-state index contributed by atoms with van der Waals surface area (Å²) >= 11 is 0. The van der Waals surface area contributed by atoms with E-state index in [9.17, 15) is 10.2 Å². The molecule has 1 fully saturated rings. The summed E-state index contributed by atoms with van der Waals surface area (Å²) in [5, 5.41) is 20.8. The molecule has 1 aliphatic heterocycles. The minimum absolute atomic E-state index is 0.110. The van der Waals surface area contributed by atoms with E-state index < -0.39 is 12.2 Å². The lowest BCUT2D eigenvalue weighted by atomic mass is 9.88. The van der Waals surface area contributed by atoms with Crippen LogP contribution in [0.15, 0.2) is 48.5 Å². The number of fused-ring (bicyclic) bond motifs is 2. The van der Waals surface area contributed by atoms with Crippen molar-refractivity contribution in [2.45, 2.75) is 37.5 Å². The highest BCUT2D eigenvalue weighted by molar-refractivity contribution is 5.89. The zero-order valence-corrected chi connectivity index (χ0v) is 13.0. The molecular formula is C20H21NO2. The second-order valence-corrected chi connectivity index (χ2v) is 6.38. The van der Waals surface area contributed by atoms with Crippen LogP contribution < -0.4 is 4.90 Å². The Kier molecular flexibility index (Phi) is 3.68. The first-order valence-corrected chi connectivity index (χ1v) is 8.27. The van der Waals surface area contributed by atoms with E-state index in [2.05, 4.69) is 41.3 Å². The highest BCUT2D eigenvalue weighted by Crippen LogP contribution is 2.40. The van der Waals surface area contributed by atoms with Gasteiger partial charge in [0.05, 0.1) is 12.1 Å². The molecule has 0 amide bonds. The van der Waals surface area contributed by atoms with Gasteiger partial charge < -0.3 is 15.1 Å². The second kappa shape index (κ2) is 5.84. The predicted octanol–water partition coefficient (Wildman–Crippen LogP) is 3.58. The van der Waals surface area contributed by atoms with Gasteiger partial charge in [0.1, 0.15) is 6.10 Å². The summed E-state index contributed by atoms with van der Waals surface area (Å²) in [4.78, 5) is 2.22. The molecule has 0 radical (unpaired) electrons. The normalized spacial score (nSPS) is 26.3. The molecule has 0 spiro atoms. The lowest BCUT2D eigenvalue weighted by Crippen LogP contribution is -2.50. The van der Waals surface area contributed by atoms with Crippen LogP contribution in [0.3, 0.4) is 0 Å². The Bertz CT molecular complexity index is 690. The fourth-order valence-electron chi connectivity index (χ4n) is 3.78. The summed E-state index contributed by atoms with van der Waals surface area (Å²) in [7, 11) is 0. The highest BCUT2D eigenvalue weighted by Gasteiger charge is 2.36. The van der Waals surface area contributed by atoms with Gasteiger partial charge in [-0.25, -0.2) is 0 Å². The Morgan fingerprint density at radius 1 is 0.783 bits per heavy atom. The van der Waals surface area contributed by atoms with E-state index in [4.69, 9.17) is 0 Å². The molecule has 1 saturated carbocycles. The van der Waals surface area contributed by atoms with Crippen molar-refractivity contribution in [3.8, 4) is 0 Å². The van der Waals surface area contributed by atoms with E-state index in [1.165, 1.54) is 0 Å². The van der Waals surface area contributed by atoms with E-state index in [-0.39, 0.29) is 6.04 Å². The van der Waals surface area contributed by atoms with Crippen molar-refractivity contribution in [3.05, 3.63) is 59.7 Å². The van der Waals surface area contributed by atoms with Crippen LogP contribution in [-0.4, -0.2) is 28.5 Å². The van der Waals surface area contributed by atoms with Gasteiger partial charge in [-0.3, -0.25) is 0 Å². The van der Waals surface area contributed by atoms with E-state index in [1.807, 2.05) is 24.3 Å². The summed E-state index contributed by atoms with van der Waals surface area (Å²) in [5.74, 6) is 0. The number of nitrogens with zero attached hydrogens (tertiary/aromatic N) is 1. The summed E-state index contributed by atoms with van der Waals surface area (Å²) in [6.45, 7) is 0. The molecule has 2 N–H and O–H groups in total. The number of hydrogen-bond donors (Lipinski definition) is 2. The van der Waals surface area contributed by atoms with Gasteiger partial charge in [-0.15, -0.1) is 0 Å². The molecule has 118 valence electrons. The van der Waals surface area contributed by atoms with Crippen molar-refractivity contribution in [2.75, 3.05) is 4.90 Å². The number of para-hydroxylation sites is 2. The molecule has 2 aliphatic rings. The van der Waals surface area contributed by atoms with Crippen molar-refractivity contribution in [3.63, 3.8) is 0 Å². The first-order valence-electron chi connectivity index (χ1n) is 8.27. The van der Waals surface area contributed by atoms with Crippen LogP contribution in [0.4, 0.5) is 11.4 Å². The maximum atomic E-state index is 10.6. The van der Waals surface area contributed by atoms with Gasteiger partial charge >= 0.3 is 0 Å². The Labute approximate surface area is 136 Å². The van der Waals surface area contributed by atoms with Gasteiger partial charge in [-0.2, -0.15) is 0 Å². The topological polar surface area (TPSA) is 43.7 Å². The minimum atomic E-state index is -0.733. The quantitative estimate of drug-likeness (QED) is 0.846. The summed E-state index contributed by atoms with van der Waals surface area (Å²) in [6.07, 6.45) is 5.34. The zero-order valence-electron chi connectivity index (χ0n) is 13.0.